The monoisotopic (exact) mass is 409 g/mol. The number of aliphatic hydroxyl groups is 1. The molecule has 30 heavy (non-hydrogen) atoms. The molecule has 1 saturated heterocycles. The largest absolute Gasteiger partial charge is 0.399 e. The molecule has 2 aromatic rings. The lowest BCUT2D eigenvalue weighted by atomic mass is 9.99. The Hall–Kier alpha value is -3.19. The number of rotatable bonds is 7. The van der Waals surface area contributed by atoms with Crippen LogP contribution < -0.4 is 5.32 Å². The third kappa shape index (κ3) is 4.86. The molecule has 1 unspecified atom stereocenters. The second-order valence-electron chi connectivity index (χ2n) is 7.25. The molecule has 7 heteroatoms. The van der Waals surface area contributed by atoms with Gasteiger partial charge in [-0.15, -0.1) is 0 Å². The summed E-state index contributed by atoms with van der Waals surface area (Å²) in [5.74, 6) is -0.482. The van der Waals surface area contributed by atoms with Gasteiger partial charge in [-0.3, -0.25) is 9.59 Å². The van der Waals surface area contributed by atoms with Crippen LogP contribution in [0.4, 0.5) is 0 Å². The highest BCUT2D eigenvalue weighted by Gasteiger charge is 2.38. The van der Waals surface area contributed by atoms with E-state index in [0.29, 0.717) is 30.7 Å². The number of benzene rings is 2. The van der Waals surface area contributed by atoms with Gasteiger partial charge < -0.3 is 20.2 Å². The molecule has 1 aliphatic heterocycles. The molecule has 1 aliphatic rings. The van der Waals surface area contributed by atoms with E-state index >= 15 is 0 Å². The summed E-state index contributed by atoms with van der Waals surface area (Å²) >= 11 is 0. The summed E-state index contributed by atoms with van der Waals surface area (Å²) < 4.78 is 0. The molecule has 0 aliphatic carbocycles. The van der Waals surface area contributed by atoms with Crippen LogP contribution in [-0.4, -0.2) is 60.4 Å². The van der Waals surface area contributed by atoms with Gasteiger partial charge in [-0.1, -0.05) is 41.6 Å². The molecule has 1 fully saturated rings. The fraction of sp³-hybridized carbons (Fsp3) is 0.348. The molecule has 158 valence electrons. The third-order valence-electron chi connectivity index (χ3n) is 5.16. The average Bonchev–Trinajstić information content (AvgIpc) is 3.18. The van der Waals surface area contributed by atoms with Crippen molar-refractivity contribution in [2.45, 2.75) is 25.8 Å². The number of aryl methyl sites for hydroxylation is 1. The molecular weight excluding hydrogens is 382 g/mol. The molecule has 0 radical (unpaired) electrons. The average molecular weight is 409 g/mol. The van der Waals surface area contributed by atoms with Gasteiger partial charge in [-0.25, -0.2) is 0 Å². The lowest BCUT2D eigenvalue weighted by Crippen LogP contribution is -2.46. The first-order valence-electron chi connectivity index (χ1n) is 9.99. The minimum absolute atomic E-state index is 0.00277. The van der Waals surface area contributed by atoms with Gasteiger partial charge in [0.2, 0.25) is 5.91 Å². The summed E-state index contributed by atoms with van der Waals surface area (Å²) in [6, 6.07) is 14.9. The Kier molecular flexibility index (Phi) is 7.19. The van der Waals surface area contributed by atoms with Gasteiger partial charge in [0.15, 0.2) is 0 Å². The SMILES string of the molecule is CO/N=C1\CC(C(=O)NCCCO)N(C(=O)c2ccc(-c3ccccc3C)cc2)C1. The van der Waals surface area contributed by atoms with Crippen molar-refractivity contribution in [3.63, 3.8) is 0 Å². The maximum atomic E-state index is 13.2. The zero-order valence-corrected chi connectivity index (χ0v) is 17.3. The molecule has 0 saturated carbocycles. The van der Waals surface area contributed by atoms with Crippen molar-refractivity contribution in [1.82, 2.24) is 10.2 Å². The van der Waals surface area contributed by atoms with Gasteiger partial charge in [0, 0.05) is 25.1 Å². The van der Waals surface area contributed by atoms with Crippen LogP contribution in [0.2, 0.25) is 0 Å². The Balaban J connectivity index is 1.79. The standard InChI is InChI=1S/C23H27N3O4/c1-16-6-3-4-7-20(16)17-8-10-18(11-9-17)23(29)26-15-19(25-30-2)14-21(26)22(28)24-12-5-13-27/h3-4,6-11,21,27H,5,12-15H2,1-2H3,(H,24,28)/b25-19+. The van der Waals surface area contributed by atoms with E-state index in [9.17, 15) is 9.59 Å². The van der Waals surface area contributed by atoms with Gasteiger partial charge in [0.25, 0.3) is 5.91 Å². The summed E-state index contributed by atoms with van der Waals surface area (Å²) in [4.78, 5) is 32.1. The number of amides is 2. The number of carbonyl (C=O) groups is 2. The number of nitrogens with one attached hydrogen (secondary N) is 1. The van der Waals surface area contributed by atoms with E-state index in [1.807, 2.05) is 30.3 Å². The summed E-state index contributed by atoms with van der Waals surface area (Å²) in [5, 5.41) is 15.6. The second kappa shape index (κ2) is 10.0. The first kappa shape index (κ1) is 21.5. The molecule has 0 spiro atoms. The number of oxime groups is 1. The van der Waals surface area contributed by atoms with Crippen LogP contribution in [0.5, 0.6) is 0 Å². The zero-order valence-electron chi connectivity index (χ0n) is 17.3. The van der Waals surface area contributed by atoms with Crippen LogP contribution in [0.15, 0.2) is 53.7 Å². The maximum absolute atomic E-state index is 13.2. The highest BCUT2D eigenvalue weighted by atomic mass is 16.6. The Morgan fingerprint density at radius 3 is 2.60 bits per heavy atom. The Morgan fingerprint density at radius 1 is 1.20 bits per heavy atom. The zero-order chi connectivity index (χ0) is 21.5. The maximum Gasteiger partial charge on any atom is 0.254 e. The minimum Gasteiger partial charge on any atom is -0.399 e. The number of carbonyl (C=O) groups excluding carboxylic acids is 2. The van der Waals surface area contributed by atoms with E-state index in [1.165, 1.54) is 12.0 Å². The van der Waals surface area contributed by atoms with Crippen LogP contribution >= 0.6 is 0 Å². The fourth-order valence-electron chi connectivity index (χ4n) is 3.61. The van der Waals surface area contributed by atoms with Crippen molar-refractivity contribution < 1.29 is 19.5 Å². The van der Waals surface area contributed by atoms with Gasteiger partial charge in [-0.2, -0.15) is 0 Å². The fourth-order valence-corrected chi connectivity index (χ4v) is 3.61. The van der Waals surface area contributed by atoms with Crippen molar-refractivity contribution in [2.24, 2.45) is 5.16 Å². The van der Waals surface area contributed by atoms with Gasteiger partial charge >= 0.3 is 0 Å². The summed E-state index contributed by atoms with van der Waals surface area (Å²) in [6.45, 7) is 2.65. The number of likely N-dealkylation sites (tertiary alicyclic amines) is 1. The number of nitrogens with zero attached hydrogens (tertiary/aromatic N) is 2. The van der Waals surface area contributed by atoms with Crippen molar-refractivity contribution in [3.05, 3.63) is 59.7 Å². The Morgan fingerprint density at radius 2 is 1.93 bits per heavy atom. The molecule has 3 rings (SSSR count). The predicted octanol–water partition coefficient (Wildman–Crippen LogP) is 2.38. The molecule has 7 nitrogen and oxygen atoms in total. The predicted molar refractivity (Wildman–Crippen MR) is 115 cm³/mol. The topological polar surface area (TPSA) is 91.2 Å². The highest BCUT2D eigenvalue weighted by Crippen LogP contribution is 2.25. The van der Waals surface area contributed by atoms with E-state index in [4.69, 9.17) is 9.94 Å². The molecule has 1 atom stereocenters. The molecule has 2 aromatic carbocycles. The van der Waals surface area contributed by atoms with Crippen LogP contribution in [-0.2, 0) is 9.63 Å². The van der Waals surface area contributed by atoms with E-state index in [2.05, 4.69) is 23.5 Å². The van der Waals surface area contributed by atoms with Crippen LogP contribution in [0, 0.1) is 6.92 Å². The summed E-state index contributed by atoms with van der Waals surface area (Å²) in [6.07, 6.45) is 0.789. The molecule has 0 aromatic heterocycles. The van der Waals surface area contributed by atoms with Crippen molar-refractivity contribution in [3.8, 4) is 11.1 Å². The summed E-state index contributed by atoms with van der Waals surface area (Å²) in [7, 11) is 1.44. The van der Waals surface area contributed by atoms with Crippen LogP contribution in [0.25, 0.3) is 11.1 Å². The quantitative estimate of drug-likeness (QED) is 0.543. The van der Waals surface area contributed by atoms with Crippen LogP contribution in [0.3, 0.4) is 0 Å². The minimum atomic E-state index is -0.652. The smallest absolute Gasteiger partial charge is 0.254 e. The Bertz CT molecular complexity index is 924. The molecule has 0 bridgehead atoms. The number of hydrogen-bond acceptors (Lipinski definition) is 5. The molecular formula is C23H27N3O4. The third-order valence-corrected chi connectivity index (χ3v) is 5.16. The lowest BCUT2D eigenvalue weighted by molar-refractivity contribution is -0.124. The van der Waals surface area contributed by atoms with Crippen LogP contribution in [0.1, 0.15) is 28.8 Å². The lowest BCUT2D eigenvalue weighted by Gasteiger charge is -2.23. The number of aliphatic hydroxyl groups excluding tert-OH is 1. The van der Waals surface area contributed by atoms with E-state index in [0.717, 1.165) is 16.7 Å². The second-order valence-corrected chi connectivity index (χ2v) is 7.25. The first-order valence-corrected chi connectivity index (χ1v) is 9.99. The molecule has 1 heterocycles. The van der Waals surface area contributed by atoms with Gasteiger partial charge in [0.05, 0.1) is 12.3 Å². The highest BCUT2D eigenvalue weighted by molar-refractivity contribution is 6.05. The number of hydrogen-bond donors (Lipinski definition) is 2. The summed E-state index contributed by atoms with van der Waals surface area (Å²) in [5.41, 5.74) is 4.47. The molecule has 2 N–H and O–H groups in total. The molecule has 2 amide bonds. The van der Waals surface area contributed by atoms with E-state index < -0.39 is 6.04 Å². The van der Waals surface area contributed by atoms with Gasteiger partial charge in [-0.05, 0) is 42.2 Å². The van der Waals surface area contributed by atoms with E-state index in [-0.39, 0.29) is 25.0 Å². The van der Waals surface area contributed by atoms with Crippen molar-refractivity contribution in [2.75, 3.05) is 26.8 Å². The normalized spacial score (nSPS) is 17.2. The van der Waals surface area contributed by atoms with Gasteiger partial charge in [0.1, 0.15) is 13.2 Å². The first-order chi connectivity index (χ1) is 14.5. The van der Waals surface area contributed by atoms with Crippen molar-refractivity contribution >= 4 is 17.5 Å². The Labute approximate surface area is 176 Å². The van der Waals surface area contributed by atoms with Crippen molar-refractivity contribution in [1.29, 1.82) is 0 Å². The van der Waals surface area contributed by atoms with E-state index in [1.54, 1.807) is 12.1 Å².